The van der Waals surface area contributed by atoms with Crippen molar-refractivity contribution in [3.63, 3.8) is 0 Å². The molecule has 2 heterocycles. The Morgan fingerprint density at radius 2 is 1.74 bits per heavy atom. The Morgan fingerprint density at radius 3 is 2.47 bits per heavy atom. The molecule has 3 aromatic rings. The van der Waals surface area contributed by atoms with Gasteiger partial charge in [0.25, 0.3) is 0 Å². The summed E-state index contributed by atoms with van der Waals surface area (Å²) in [4.78, 5) is 13.5. The van der Waals surface area contributed by atoms with E-state index in [1.165, 1.54) is 5.56 Å². The second-order valence-corrected chi connectivity index (χ2v) is 9.31. The van der Waals surface area contributed by atoms with Crippen molar-refractivity contribution in [2.45, 2.75) is 59.4 Å². The number of allylic oxidation sites excluding steroid dienone is 3. The van der Waals surface area contributed by atoms with Gasteiger partial charge >= 0.3 is 0 Å². The molecule has 1 aromatic heterocycles. The highest BCUT2D eigenvalue weighted by Gasteiger charge is 2.37. The Bertz CT molecular complexity index is 1380. The SMILES string of the molecule is CCCCn1cc(C2=C([O-])/C(=C3\C=[N+](CCCC)c4ccc(CC)cc43)C2=O)c2ccccc21. The number of nitrogens with zero attached hydrogens (tertiary/aromatic N) is 2. The number of rotatable bonds is 8. The topological polar surface area (TPSA) is 48.1 Å². The summed E-state index contributed by atoms with van der Waals surface area (Å²) < 4.78 is 4.39. The number of aryl methyl sites for hydroxylation is 2. The summed E-state index contributed by atoms with van der Waals surface area (Å²) in [6.45, 7) is 8.24. The van der Waals surface area contributed by atoms with Crippen molar-refractivity contribution in [2.75, 3.05) is 6.54 Å². The summed E-state index contributed by atoms with van der Waals surface area (Å²) in [6, 6.07) is 14.5. The number of Topliss-reactive ketones (excluding diaryl/α,β-unsaturated/α-hetero) is 1. The Balaban J connectivity index is 1.64. The van der Waals surface area contributed by atoms with Crippen LogP contribution in [0.25, 0.3) is 22.0 Å². The fourth-order valence-electron chi connectivity index (χ4n) is 5.12. The van der Waals surface area contributed by atoms with Crippen molar-refractivity contribution in [3.8, 4) is 0 Å². The molecule has 5 rings (SSSR count). The number of hydrogen-bond acceptors (Lipinski definition) is 2. The Kier molecular flexibility index (Phi) is 5.99. The van der Waals surface area contributed by atoms with Crippen molar-refractivity contribution in [2.24, 2.45) is 0 Å². The minimum Gasteiger partial charge on any atom is -0.871 e. The lowest BCUT2D eigenvalue weighted by atomic mass is 9.79. The van der Waals surface area contributed by atoms with E-state index in [0.29, 0.717) is 11.1 Å². The van der Waals surface area contributed by atoms with Gasteiger partial charge in [0.15, 0.2) is 12.0 Å². The van der Waals surface area contributed by atoms with Crippen LogP contribution >= 0.6 is 0 Å². The van der Waals surface area contributed by atoms with E-state index in [-0.39, 0.29) is 11.5 Å². The van der Waals surface area contributed by atoms with Gasteiger partial charge in [-0.2, -0.15) is 4.58 Å². The quantitative estimate of drug-likeness (QED) is 0.328. The van der Waals surface area contributed by atoms with Gasteiger partial charge in [0.05, 0.1) is 11.1 Å². The molecule has 174 valence electrons. The van der Waals surface area contributed by atoms with Gasteiger partial charge in [-0.1, -0.05) is 63.6 Å². The van der Waals surface area contributed by atoms with E-state index >= 15 is 0 Å². The predicted octanol–water partition coefficient (Wildman–Crippen LogP) is 5.64. The molecule has 0 saturated heterocycles. The van der Waals surface area contributed by atoms with Crippen LogP contribution in [-0.4, -0.2) is 27.7 Å². The van der Waals surface area contributed by atoms with Gasteiger partial charge in [-0.3, -0.25) is 4.79 Å². The first kappa shape index (κ1) is 22.4. The van der Waals surface area contributed by atoms with Crippen LogP contribution < -0.4 is 5.11 Å². The van der Waals surface area contributed by atoms with Crippen LogP contribution in [0.3, 0.4) is 0 Å². The molecule has 0 fully saturated rings. The summed E-state index contributed by atoms with van der Waals surface area (Å²) in [6.07, 6.45) is 9.25. The summed E-state index contributed by atoms with van der Waals surface area (Å²) >= 11 is 0. The van der Waals surface area contributed by atoms with Gasteiger partial charge in [0.1, 0.15) is 6.54 Å². The van der Waals surface area contributed by atoms with E-state index in [1.54, 1.807) is 0 Å². The number of carbonyl (C=O) groups excluding carboxylic acids is 1. The highest BCUT2D eigenvalue weighted by molar-refractivity contribution is 6.45. The maximum absolute atomic E-state index is 13.5. The number of benzene rings is 2. The summed E-state index contributed by atoms with van der Waals surface area (Å²) in [5, 5.41) is 14.5. The molecular formula is C30H32N2O2. The largest absolute Gasteiger partial charge is 0.871 e. The number of aromatic nitrogens is 1. The lowest BCUT2D eigenvalue weighted by Crippen LogP contribution is -2.30. The first-order valence-electron chi connectivity index (χ1n) is 12.6. The lowest BCUT2D eigenvalue weighted by Gasteiger charge is -2.31. The molecule has 0 bridgehead atoms. The molecule has 0 unspecified atom stereocenters. The first-order chi connectivity index (χ1) is 16.6. The molecular weight excluding hydrogens is 420 g/mol. The van der Waals surface area contributed by atoms with Crippen LogP contribution in [0, 0.1) is 0 Å². The Hall–Kier alpha value is -3.40. The van der Waals surface area contributed by atoms with E-state index in [1.807, 2.05) is 30.6 Å². The van der Waals surface area contributed by atoms with Crippen LogP contribution in [0.5, 0.6) is 0 Å². The summed E-state index contributed by atoms with van der Waals surface area (Å²) in [5.41, 5.74) is 6.64. The molecule has 1 aliphatic carbocycles. The van der Waals surface area contributed by atoms with Gasteiger partial charge in [-0.15, -0.1) is 0 Å². The average Bonchev–Trinajstić information content (AvgIpc) is 3.39. The molecule has 0 radical (unpaired) electrons. The van der Waals surface area contributed by atoms with Crippen molar-refractivity contribution < 1.29 is 14.5 Å². The normalized spacial score (nSPS) is 17.4. The molecule has 2 aliphatic rings. The third-order valence-corrected chi connectivity index (χ3v) is 7.09. The van der Waals surface area contributed by atoms with Crippen molar-refractivity contribution in [1.82, 2.24) is 4.57 Å². The van der Waals surface area contributed by atoms with Crippen molar-refractivity contribution in [1.29, 1.82) is 0 Å². The number of para-hydroxylation sites is 1. The molecule has 0 N–H and O–H groups in total. The molecule has 0 spiro atoms. The summed E-state index contributed by atoms with van der Waals surface area (Å²) in [7, 11) is 0. The van der Waals surface area contributed by atoms with Gasteiger partial charge in [-0.25, -0.2) is 0 Å². The van der Waals surface area contributed by atoms with Crippen molar-refractivity contribution >= 4 is 39.7 Å². The standard InChI is InChI=1S/C30H32N2O2/c1-4-7-15-31-18-23(21-11-9-10-12-25(21)31)27-29(33)28(30(27)34)24-19-32(16-8-5-2)26-14-13-20(6-3)17-22(24)26/h9-14,17-19H,4-8,15-16H2,1-3H3. The average molecular weight is 453 g/mol. The maximum atomic E-state index is 13.5. The Labute approximate surface area is 201 Å². The van der Waals surface area contributed by atoms with E-state index in [9.17, 15) is 9.90 Å². The second kappa shape index (κ2) is 9.09. The molecule has 0 atom stereocenters. The van der Waals surface area contributed by atoms with Crippen molar-refractivity contribution in [3.05, 3.63) is 76.7 Å². The fourth-order valence-corrected chi connectivity index (χ4v) is 5.12. The molecule has 2 aromatic carbocycles. The number of unbranched alkanes of at least 4 members (excludes halogenated alkanes) is 2. The van der Waals surface area contributed by atoms with Gasteiger partial charge in [0.2, 0.25) is 5.69 Å². The molecule has 1 aliphatic heterocycles. The van der Waals surface area contributed by atoms with Crippen LogP contribution in [0.15, 0.2) is 60.0 Å². The number of hydrogen-bond donors (Lipinski definition) is 0. The van der Waals surface area contributed by atoms with E-state index in [2.05, 4.69) is 54.2 Å². The first-order valence-corrected chi connectivity index (χ1v) is 12.6. The maximum Gasteiger partial charge on any atom is 0.213 e. The Morgan fingerprint density at radius 1 is 0.941 bits per heavy atom. The van der Waals surface area contributed by atoms with Crippen LogP contribution in [0.1, 0.15) is 63.1 Å². The highest BCUT2D eigenvalue weighted by atomic mass is 16.3. The van der Waals surface area contributed by atoms with Crippen LogP contribution in [0.2, 0.25) is 0 Å². The molecule has 0 saturated carbocycles. The number of carbonyl (C=O) groups is 1. The smallest absolute Gasteiger partial charge is 0.213 e. The van der Waals surface area contributed by atoms with E-state index < -0.39 is 0 Å². The number of fused-ring (bicyclic) bond motifs is 2. The molecule has 0 amide bonds. The third-order valence-electron chi connectivity index (χ3n) is 7.09. The highest BCUT2D eigenvalue weighted by Crippen LogP contribution is 2.44. The monoisotopic (exact) mass is 452 g/mol. The third kappa shape index (κ3) is 3.53. The minimum absolute atomic E-state index is 0.125. The van der Waals surface area contributed by atoms with Gasteiger partial charge in [-0.05, 0) is 30.5 Å². The zero-order valence-electron chi connectivity index (χ0n) is 20.4. The molecule has 34 heavy (non-hydrogen) atoms. The van der Waals surface area contributed by atoms with Crippen LogP contribution in [0.4, 0.5) is 5.69 Å². The minimum atomic E-state index is -0.125. The lowest BCUT2D eigenvalue weighted by molar-refractivity contribution is -0.432. The summed E-state index contributed by atoms with van der Waals surface area (Å²) in [5.74, 6) is -0.250. The molecule has 4 nitrogen and oxygen atoms in total. The van der Waals surface area contributed by atoms with Gasteiger partial charge < -0.3 is 9.67 Å². The second-order valence-electron chi connectivity index (χ2n) is 9.31. The predicted molar refractivity (Wildman–Crippen MR) is 137 cm³/mol. The number of ketones is 1. The fraction of sp³-hybridized carbons (Fsp3) is 0.333. The zero-order chi connectivity index (χ0) is 23.8. The van der Waals surface area contributed by atoms with Gasteiger partial charge in [0, 0.05) is 52.8 Å². The van der Waals surface area contributed by atoms with E-state index in [4.69, 9.17) is 0 Å². The van der Waals surface area contributed by atoms with E-state index in [0.717, 1.165) is 78.5 Å². The molecule has 4 heteroatoms. The van der Waals surface area contributed by atoms with Crippen LogP contribution in [-0.2, 0) is 17.8 Å². The zero-order valence-corrected chi connectivity index (χ0v) is 20.4.